The summed E-state index contributed by atoms with van der Waals surface area (Å²) in [4.78, 5) is 21.8. The summed E-state index contributed by atoms with van der Waals surface area (Å²) in [6, 6.07) is 2.48. The second kappa shape index (κ2) is 5.40. The molecule has 0 saturated carbocycles. The Hall–Kier alpha value is -1.24. The van der Waals surface area contributed by atoms with Gasteiger partial charge in [0.05, 0.1) is 12.1 Å². The van der Waals surface area contributed by atoms with Gasteiger partial charge in [-0.3, -0.25) is 9.69 Å². The highest BCUT2D eigenvalue weighted by atomic mass is 32.1. The van der Waals surface area contributed by atoms with Crippen molar-refractivity contribution in [3.63, 3.8) is 0 Å². The monoisotopic (exact) mass is 278 g/mol. The minimum atomic E-state index is -0.0156. The molecule has 1 aliphatic rings. The SMILES string of the molecule is CCCN(Cc1nc2ccsc2c(=O)[nH]1)C1CNC1. The third kappa shape index (κ3) is 2.56. The lowest BCUT2D eigenvalue weighted by atomic mass is 10.1. The van der Waals surface area contributed by atoms with Gasteiger partial charge < -0.3 is 10.3 Å². The fraction of sp³-hybridized carbons (Fsp3) is 0.538. The molecule has 1 fully saturated rings. The van der Waals surface area contributed by atoms with Gasteiger partial charge in [-0.1, -0.05) is 6.92 Å². The van der Waals surface area contributed by atoms with Crippen molar-refractivity contribution in [1.29, 1.82) is 0 Å². The van der Waals surface area contributed by atoms with Crippen molar-refractivity contribution in [3.05, 3.63) is 27.6 Å². The van der Waals surface area contributed by atoms with Crippen molar-refractivity contribution in [2.24, 2.45) is 0 Å². The molecule has 0 bridgehead atoms. The highest BCUT2D eigenvalue weighted by Crippen LogP contribution is 2.15. The largest absolute Gasteiger partial charge is 0.314 e. The molecule has 0 aliphatic carbocycles. The number of thiophene rings is 1. The first-order chi connectivity index (χ1) is 9.28. The lowest BCUT2D eigenvalue weighted by molar-refractivity contribution is 0.134. The van der Waals surface area contributed by atoms with Crippen molar-refractivity contribution in [2.45, 2.75) is 25.9 Å². The molecule has 0 atom stereocenters. The summed E-state index contributed by atoms with van der Waals surface area (Å²) in [6.07, 6.45) is 1.11. The summed E-state index contributed by atoms with van der Waals surface area (Å²) in [7, 11) is 0. The first-order valence-corrected chi connectivity index (χ1v) is 7.57. The fourth-order valence-corrected chi connectivity index (χ4v) is 3.12. The van der Waals surface area contributed by atoms with E-state index in [1.807, 2.05) is 11.4 Å². The van der Waals surface area contributed by atoms with Crippen LogP contribution in [0.4, 0.5) is 0 Å². The first kappa shape index (κ1) is 12.8. The van der Waals surface area contributed by atoms with E-state index >= 15 is 0 Å². The zero-order chi connectivity index (χ0) is 13.2. The molecule has 1 saturated heterocycles. The van der Waals surface area contributed by atoms with Crippen LogP contribution in [0.15, 0.2) is 16.2 Å². The summed E-state index contributed by atoms with van der Waals surface area (Å²) < 4.78 is 0.719. The van der Waals surface area contributed by atoms with Gasteiger partial charge >= 0.3 is 0 Å². The van der Waals surface area contributed by atoms with Crippen LogP contribution in [0.2, 0.25) is 0 Å². The first-order valence-electron chi connectivity index (χ1n) is 6.69. The standard InChI is InChI=1S/C13H18N4OS/c1-2-4-17(9-6-14-7-9)8-11-15-10-3-5-19-12(10)13(18)16-11/h3,5,9,14H,2,4,6-8H2,1H3,(H,15,16,18). The topological polar surface area (TPSA) is 61.0 Å². The van der Waals surface area contributed by atoms with Crippen LogP contribution in [-0.4, -0.2) is 40.5 Å². The zero-order valence-electron chi connectivity index (χ0n) is 11.0. The number of nitrogens with zero attached hydrogens (tertiary/aromatic N) is 2. The van der Waals surface area contributed by atoms with Crippen molar-refractivity contribution >= 4 is 21.6 Å². The van der Waals surface area contributed by atoms with Gasteiger partial charge in [-0.25, -0.2) is 4.98 Å². The summed E-state index contributed by atoms with van der Waals surface area (Å²) in [5.74, 6) is 0.774. The van der Waals surface area contributed by atoms with Crippen LogP contribution in [0.3, 0.4) is 0 Å². The number of aromatic amines is 1. The smallest absolute Gasteiger partial charge is 0.268 e. The number of aromatic nitrogens is 2. The Kier molecular flexibility index (Phi) is 3.63. The second-order valence-electron chi connectivity index (χ2n) is 4.93. The van der Waals surface area contributed by atoms with Crippen molar-refractivity contribution in [1.82, 2.24) is 20.2 Å². The maximum absolute atomic E-state index is 11.9. The number of hydrogen-bond donors (Lipinski definition) is 2. The predicted octanol–water partition coefficient (Wildman–Crippen LogP) is 1.17. The maximum Gasteiger partial charge on any atom is 0.268 e. The molecule has 6 heteroatoms. The Bertz CT molecular complexity index is 616. The Morgan fingerprint density at radius 2 is 2.37 bits per heavy atom. The molecule has 1 aliphatic heterocycles. The minimum absolute atomic E-state index is 0.0156. The van der Waals surface area contributed by atoms with E-state index in [4.69, 9.17) is 0 Å². The van der Waals surface area contributed by atoms with Crippen LogP contribution < -0.4 is 10.9 Å². The van der Waals surface area contributed by atoms with Crippen LogP contribution in [0.25, 0.3) is 10.2 Å². The molecule has 2 aromatic rings. The molecule has 0 radical (unpaired) electrons. The van der Waals surface area contributed by atoms with E-state index in [9.17, 15) is 4.79 Å². The third-order valence-electron chi connectivity index (χ3n) is 3.50. The number of hydrogen-bond acceptors (Lipinski definition) is 5. The number of rotatable bonds is 5. The number of H-pyrrole nitrogens is 1. The Morgan fingerprint density at radius 1 is 1.53 bits per heavy atom. The lowest BCUT2D eigenvalue weighted by Gasteiger charge is -2.37. The Balaban J connectivity index is 1.84. The quantitative estimate of drug-likeness (QED) is 0.862. The van der Waals surface area contributed by atoms with Gasteiger partial charge in [0.25, 0.3) is 5.56 Å². The molecule has 0 amide bonds. The van der Waals surface area contributed by atoms with Gasteiger partial charge in [0.2, 0.25) is 0 Å². The third-order valence-corrected chi connectivity index (χ3v) is 4.41. The van der Waals surface area contributed by atoms with Gasteiger partial charge in [-0.2, -0.15) is 0 Å². The molecule has 3 heterocycles. The van der Waals surface area contributed by atoms with Gasteiger partial charge in [0.15, 0.2) is 0 Å². The van der Waals surface area contributed by atoms with Crippen LogP contribution in [-0.2, 0) is 6.54 Å². The van der Waals surface area contributed by atoms with Gasteiger partial charge in [0, 0.05) is 19.1 Å². The molecule has 102 valence electrons. The van der Waals surface area contributed by atoms with Gasteiger partial charge in [-0.15, -0.1) is 11.3 Å². The zero-order valence-corrected chi connectivity index (χ0v) is 11.8. The molecular weight excluding hydrogens is 260 g/mol. The molecule has 3 rings (SSSR count). The molecule has 2 aromatic heterocycles. The van der Waals surface area contributed by atoms with Crippen molar-refractivity contribution in [2.75, 3.05) is 19.6 Å². The normalized spacial score (nSPS) is 16.1. The van der Waals surface area contributed by atoms with E-state index in [1.165, 1.54) is 11.3 Å². The van der Waals surface area contributed by atoms with Crippen LogP contribution >= 0.6 is 11.3 Å². The van der Waals surface area contributed by atoms with Gasteiger partial charge in [0.1, 0.15) is 10.5 Å². The second-order valence-corrected chi connectivity index (χ2v) is 5.85. The summed E-state index contributed by atoms with van der Waals surface area (Å²) in [6.45, 7) is 6.01. The molecule has 19 heavy (non-hydrogen) atoms. The molecule has 2 N–H and O–H groups in total. The Morgan fingerprint density at radius 3 is 3.05 bits per heavy atom. The van der Waals surface area contributed by atoms with E-state index < -0.39 is 0 Å². The van der Waals surface area contributed by atoms with E-state index in [-0.39, 0.29) is 5.56 Å². The molecule has 5 nitrogen and oxygen atoms in total. The minimum Gasteiger partial charge on any atom is -0.314 e. The van der Waals surface area contributed by atoms with E-state index in [0.29, 0.717) is 6.04 Å². The highest BCUT2D eigenvalue weighted by molar-refractivity contribution is 7.17. The van der Waals surface area contributed by atoms with Gasteiger partial charge in [-0.05, 0) is 24.4 Å². The van der Waals surface area contributed by atoms with Crippen LogP contribution in [0.5, 0.6) is 0 Å². The number of fused-ring (bicyclic) bond motifs is 1. The summed E-state index contributed by atoms with van der Waals surface area (Å²) >= 11 is 1.44. The van der Waals surface area contributed by atoms with Crippen molar-refractivity contribution < 1.29 is 0 Å². The molecule has 0 aromatic carbocycles. The Labute approximate surface area is 115 Å². The van der Waals surface area contributed by atoms with Crippen LogP contribution in [0.1, 0.15) is 19.2 Å². The predicted molar refractivity (Wildman–Crippen MR) is 77.6 cm³/mol. The van der Waals surface area contributed by atoms with Crippen molar-refractivity contribution in [3.8, 4) is 0 Å². The number of nitrogens with one attached hydrogen (secondary N) is 2. The van der Waals surface area contributed by atoms with E-state index in [1.54, 1.807) is 0 Å². The average Bonchev–Trinajstić information content (AvgIpc) is 2.75. The molecular formula is C13H18N4OS. The molecule has 0 spiro atoms. The highest BCUT2D eigenvalue weighted by Gasteiger charge is 2.24. The average molecular weight is 278 g/mol. The summed E-state index contributed by atoms with van der Waals surface area (Å²) in [5, 5.41) is 5.20. The fourth-order valence-electron chi connectivity index (χ4n) is 2.40. The lowest BCUT2D eigenvalue weighted by Crippen LogP contribution is -2.57. The van der Waals surface area contributed by atoms with E-state index in [2.05, 4.69) is 27.1 Å². The van der Waals surface area contributed by atoms with E-state index in [0.717, 1.165) is 48.6 Å². The maximum atomic E-state index is 11.9. The molecule has 0 unspecified atom stereocenters. The van der Waals surface area contributed by atoms with Crippen LogP contribution in [0, 0.1) is 0 Å². The summed E-state index contributed by atoms with van der Waals surface area (Å²) in [5.41, 5.74) is 0.796.